The van der Waals surface area contributed by atoms with Crippen molar-refractivity contribution in [1.29, 1.82) is 0 Å². The van der Waals surface area contributed by atoms with Gasteiger partial charge in [0.15, 0.2) is 11.4 Å². The zero-order valence-electron chi connectivity index (χ0n) is 19.6. The summed E-state index contributed by atoms with van der Waals surface area (Å²) >= 11 is 0. The third-order valence-electron chi connectivity index (χ3n) is 6.53. The topological polar surface area (TPSA) is 132 Å². The lowest BCUT2D eigenvalue weighted by Crippen LogP contribution is -2.42. The molecule has 3 N–H and O–H groups in total. The molecule has 1 saturated heterocycles. The number of Topliss-reactive ketones (excluding diaryl/α,β-unsaturated/α-hetero) is 1. The molecule has 0 bridgehead atoms. The number of carbonyl (C=O) groups excluding carboxylic acids is 2. The first-order valence-electron chi connectivity index (χ1n) is 11.6. The van der Waals surface area contributed by atoms with E-state index in [-0.39, 0.29) is 23.4 Å². The predicted octanol–water partition coefficient (Wildman–Crippen LogP) is 2.45. The maximum absolute atomic E-state index is 12.6. The zero-order chi connectivity index (χ0) is 24.7. The Balaban J connectivity index is 1.54. The van der Waals surface area contributed by atoms with Gasteiger partial charge in [-0.15, -0.1) is 0 Å². The molecule has 1 aromatic carbocycles. The van der Waals surface area contributed by atoms with Crippen LogP contribution in [0.2, 0.25) is 0 Å². The van der Waals surface area contributed by atoms with Crippen LogP contribution in [0.5, 0.6) is 0 Å². The van der Waals surface area contributed by atoms with Crippen LogP contribution in [0.4, 0.5) is 5.82 Å². The number of anilines is 1. The van der Waals surface area contributed by atoms with Gasteiger partial charge in [0.25, 0.3) is 5.91 Å². The molecule has 0 unspecified atom stereocenters. The smallest absolute Gasteiger partial charge is 0.251 e. The lowest BCUT2D eigenvalue weighted by atomic mass is 9.89. The van der Waals surface area contributed by atoms with Gasteiger partial charge in [-0.3, -0.25) is 9.59 Å². The summed E-state index contributed by atoms with van der Waals surface area (Å²) in [6, 6.07) is 9.78. The number of ketones is 1. The van der Waals surface area contributed by atoms with Gasteiger partial charge in [-0.25, -0.2) is 9.67 Å². The molecule has 1 aliphatic rings. The molecule has 0 spiro atoms. The van der Waals surface area contributed by atoms with E-state index in [0.29, 0.717) is 42.8 Å². The molecule has 10 nitrogen and oxygen atoms in total. The molecule has 1 amide bonds. The Labute approximate surface area is 202 Å². The predicted molar refractivity (Wildman–Crippen MR) is 130 cm³/mol. The molecule has 1 atom stereocenters. The van der Waals surface area contributed by atoms with Crippen molar-refractivity contribution >= 4 is 23.2 Å². The molecule has 0 radical (unpaired) electrons. The number of aliphatic hydroxyl groups is 1. The van der Waals surface area contributed by atoms with E-state index in [1.807, 2.05) is 36.5 Å². The molecule has 5 rings (SSSR count). The second kappa shape index (κ2) is 8.95. The Hall–Kier alpha value is -4.05. The number of nitrogens with zero attached hydrogens (tertiary/aromatic N) is 6. The van der Waals surface area contributed by atoms with Gasteiger partial charge in [-0.2, -0.15) is 14.7 Å². The third kappa shape index (κ3) is 4.06. The summed E-state index contributed by atoms with van der Waals surface area (Å²) in [5.74, 6) is -0.259. The van der Waals surface area contributed by atoms with Gasteiger partial charge in [-0.1, -0.05) is 18.2 Å². The van der Waals surface area contributed by atoms with Crippen LogP contribution in [0.1, 0.15) is 48.7 Å². The number of benzene rings is 1. The Kier molecular flexibility index (Phi) is 5.81. The molecule has 4 heterocycles. The van der Waals surface area contributed by atoms with Crippen LogP contribution in [0.25, 0.3) is 22.5 Å². The number of rotatable bonds is 5. The van der Waals surface area contributed by atoms with E-state index < -0.39 is 6.10 Å². The van der Waals surface area contributed by atoms with Crippen LogP contribution in [0, 0.1) is 0 Å². The molecule has 1 fully saturated rings. The first-order valence-corrected chi connectivity index (χ1v) is 11.6. The SMILES string of the molecule is CC(=O)c1c(C2CCN(C(=O)[C@@H](C)O)CC2)nc2c(-c3cnn(-c4ccccc4)c3)cnn2c1N. The summed E-state index contributed by atoms with van der Waals surface area (Å²) in [5.41, 5.74) is 10.5. The standard InChI is InChI=1S/C25H27N7O3/c1-15(33)21-22(17-8-10-30(11-9-17)25(35)16(2)34)29-24-20(13-28-32(24)23(21)26)18-12-27-31(14-18)19-6-4-3-5-7-19/h3-7,12-14,16-17,34H,8-11,26H2,1-2H3/t16-/m1/s1. The van der Waals surface area contributed by atoms with E-state index in [1.165, 1.54) is 18.4 Å². The highest BCUT2D eigenvalue weighted by atomic mass is 16.3. The third-order valence-corrected chi connectivity index (χ3v) is 6.53. The van der Waals surface area contributed by atoms with Crippen LogP contribution in [-0.2, 0) is 4.79 Å². The number of para-hydroxylation sites is 1. The molecule has 3 aromatic heterocycles. The number of piperidine rings is 1. The summed E-state index contributed by atoms with van der Waals surface area (Å²) in [5, 5.41) is 18.5. The van der Waals surface area contributed by atoms with Gasteiger partial charge >= 0.3 is 0 Å². The minimum Gasteiger partial charge on any atom is -0.384 e. The Bertz CT molecular complexity index is 1400. The number of aliphatic hydroxyl groups excluding tert-OH is 1. The minimum atomic E-state index is -1.03. The lowest BCUT2D eigenvalue weighted by Gasteiger charge is -2.33. The second-order valence-electron chi connectivity index (χ2n) is 8.89. The normalized spacial score (nSPS) is 15.5. The van der Waals surface area contributed by atoms with E-state index in [2.05, 4.69) is 10.2 Å². The number of carbonyl (C=O) groups is 2. The number of likely N-dealkylation sites (tertiary alicyclic amines) is 1. The number of nitrogen functional groups attached to an aromatic ring is 1. The van der Waals surface area contributed by atoms with Gasteiger partial charge in [0.2, 0.25) is 0 Å². The number of nitrogens with two attached hydrogens (primary N) is 1. The van der Waals surface area contributed by atoms with Crippen molar-refractivity contribution in [3.8, 4) is 16.8 Å². The van der Waals surface area contributed by atoms with Crippen molar-refractivity contribution in [2.24, 2.45) is 0 Å². The molecule has 10 heteroatoms. The fourth-order valence-corrected chi connectivity index (χ4v) is 4.71. The molecule has 0 aliphatic carbocycles. The van der Waals surface area contributed by atoms with Gasteiger partial charge in [0.05, 0.1) is 29.3 Å². The van der Waals surface area contributed by atoms with Crippen LogP contribution in [0.3, 0.4) is 0 Å². The fourth-order valence-electron chi connectivity index (χ4n) is 4.71. The lowest BCUT2D eigenvalue weighted by molar-refractivity contribution is -0.140. The first-order chi connectivity index (χ1) is 16.8. The summed E-state index contributed by atoms with van der Waals surface area (Å²) in [7, 11) is 0. The highest BCUT2D eigenvalue weighted by Gasteiger charge is 2.31. The first kappa shape index (κ1) is 22.7. The Morgan fingerprint density at radius 3 is 2.49 bits per heavy atom. The van der Waals surface area contributed by atoms with Crippen LogP contribution < -0.4 is 5.73 Å². The van der Waals surface area contributed by atoms with Crippen LogP contribution in [-0.4, -0.2) is 65.3 Å². The zero-order valence-corrected chi connectivity index (χ0v) is 19.6. The quantitative estimate of drug-likeness (QED) is 0.426. The largest absolute Gasteiger partial charge is 0.384 e. The molecule has 0 saturated carbocycles. The van der Waals surface area contributed by atoms with Crippen molar-refractivity contribution in [3.63, 3.8) is 0 Å². The van der Waals surface area contributed by atoms with E-state index in [9.17, 15) is 14.7 Å². The van der Waals surface area contributed by atoms with Crippen molar-refractivity contribution in [2.75, 3.05) is 18.8 Å². The van der Waals surface area contributed by atoms with E-state index in [4.69, 9.17) is 10.7 Å². The van der Waals surface area contributed by atoms with E-state index >= 15 is 0 Å². The molecular formula is C25H27N7O3. The van der Waals surface area contributed by atoms with Gasteiger partial charge in [0, 0.05) is 36.3 Å². The molecule has 1 aliphatic heterocycles. The average Bonchev–Trinajstić information content (AvgIpc) is 3.51. The average molecular weight is 474 g/mol. The fraction of sp³-hybridized carbons (Fsp3) is 0.320. The summed E-state index contributed by atoms with van der Waals surface area (Å²) in [4.78, 5) is 31.3. The van der Waals surface area contributed by atoms with Crippen LogP contribution >= 0.6 is 0 Å². The van der Waals surface area contributed by atoms with Crippen molar-refractivity contribution in [2.45, 2.75) is 38.7 Å². The molecular weight excluding hydrogens is 446 g/mol. The number of hydrogen-bond acceptors (Lipinski definition) is 7. The van der Waals surface area contributed by atoms with Crippen molar-refractivity contribution in [3.05, 3.63) is 60.2 Å². The van der Waals surface area contributed by atoms with E-state index in [0.717, 1.165) is 16.8 Å². The number of hydrogen-bond donors (Lipinski definition) is 2. The number of aromatic nitrogens is 5. The van der Waals surface area contributed by atoms with Crippen LogP contribution in [0.15, 0.2) is 48.9 Å². The van der Waals surface area contributed by atoms with Gasteiger partial charge in [-0.05, 0) is 38.8 Å². The number of amides is 1. The number of fused-ring (bicyclic) bond motifs is 1. The molecule has 35 heavy (non-hydrogen) atoms. The summed E-state index contributed by atoms with van der Waals surface area (Å²) in [6.07, 6.45) is 5.55. The van der Waals surface area contributed by atoms with E-state index in [1.54, 1.807) is 22.0 Å². The van der Waals surface area contributed by atoms with Gasteiger partial charge < -0.3 is 15.7 Å². The minimum absolute atomic E-state index is 0.0472. The Morgan fingerprint density at radius 2 is 1.83 bits per heavy atom. The summed E-state index contributed by atoms with van der Waals surface area (Å²) in [6.45, 7) is 3.91. The monoisotopic (exact) mass is 473 g/mol. The second-order valence-corrected chi connectivity index (χ2v) is 8.89. The highest BCUT2D eigenvalue weighted by Crippen LogP contribution is 2.34. The molecule has 4 aromatic rings. The molecule has 180 valence electrons. The Morgan fingerprint density at radius 1 is 1.11 bits per heavy atom. The highest BCUT2D eigenvalue weighted by molar-refractivity contribution is 6.00. The van der Waals surface area contributed by atoms with Gasteiger partial charge in [0.1, 0.15) is 11.9 Å². The summed E-state index contributed by atoms with van der Waals surface area (Å²) < 4.78 is 3.28. The maximum Gasteiger partial charge on any atom is 0.251 e. The van der Waals surface area contributed by atoms with Crippen molar-refractivity contribution in [1.82, 2.24) is 29.3 Å². The maximum atomic E-state index is 12.6. The van der Waals surface area contributed by atoms with Crippen molar-refractivity contribution < 1.29 is 14.7 Å².